The van der Waals surface area contributed by atoms with Crippen molar-refractivity contribution in [3.8, 4) is 0 Å². The summed E-state index contributed by atoms with van der Waals surface area (Å²) in [4.78, 5) is 11.4. The molecule has 4 nitrogen and oxygen atoms in total. The molecule has 1 amide bonds. The Kier molecular flexibility index (Phi) is 1.43. The fourth-order valence-corrected chi connectivity index (χ4v) is 1.53. The van der Waals surface area contributed by atoms with Crippen LogP contribution in [0.4, 0.5) is 0 Å². The number of nitrogens with one attached hydrogen (secondary N) is 1. The molecule has 64 valence electrons. The predicted molar refractivity (Wildman–Crippen MR) is 44.0 cm³/mol. The Bertz CT molecular complexity index is 340. The number of fused-ring (bicyclic) bond motifs is 1. The number of amides is 1. The number of aromatic nitrogens is 2. The molecule has 12 heavy (non-hydrogen) atoms. The molecule has 0 atom stereocenters. The molecule has 4 heteroatoms. The molecule has 2 rings (SSSR count). The first-order valence-corrected chi connectivity index (χ1v) is 4.01. The van der Waals surface area contributed by atoms with E-state index in [9.17, 15) is 4.79 Å². The molecule has 1 aliphatic heterocycles. The van der Waals surface area contributed by atoms with E-state index in [1.54, 1.807) is 4.68 Å². The van der Waals surface area contributed by atoms with Gasteiger partial charge in [0.25, 0.3) is 5.91 Å². The summed E-state index contributed by atoms with van der Waals surface area (Å²) in [5.41, 5.74) is 2.64. The fourth-order valence-electron chi connectivity index (χ4n) is 1.53. The number of hydrogen-bond donors (Lipinski definition) is 1. The average molecular weight is 165 g/mol. The van der Waals surface area contributed by atoms with E-state index in [2.05, 4.69) is 10.4 Å². The van der Waals surface area contributed by atoms with E-state index in [1.165, 1.54) is 0 Å². The highest BCUT2D eigenvalue weighted by Crippen LogP contribution is 2.15. The first kappa shape index (κ1) is 7.34. The second kappa shape index (κ2) is 2.33. The van der Waals surface area contributed by atoms with E-state index in [0.717, 1.165) is 23.4 Å². The summed E-state index contributed by atoms with van der Waals surface area (Å²) in [6.45, 7) is 2.62. The van der Waals surface area contributed by atoms with Crippen LogP contribution < -0.4 is 5.32 Å². The topological polar surface area (TPSA) is 46.9 Å². The summed E-state index contributed by atoms with van der Waals surface area (Å²) in [7, 11) is 1.86. The van der Waals surface area contributed by atoms with E-state index in [4.69, 9.17) is 0 Å². The second-order valence-corrected chi connectivity index (χ2v) is 3.04. The summed E-state index contributed by atoms with van der Waals surface area (Å²) < 4.78 is 1.76. The first-order chi connectivity index (χ1) is 5.70. The Labute approximate surface area is 70.6 Å². The maximum Gasteiger partial charge on any atom is 0.255 e. The van der Waals surface area contributed by atoms with Crippen LogP contribution in [-0.4, -0.2) is 22.2 Å². The summed E-state index contributed by atoms with van der Waals surface area (Å²) >= 11 is 0. The van der Waals surface area contributed by atoms with Crippen LogP contribution in [0, 0.1) is 6.92 Å². The molecule has 0 saturated carbocycles. The quantitative estimate of drug-likeness (QED) is 0.589. The Balaban J connectivity index is 2.61. The maximum absolute atomic E-state index is 11.4. The van der Waals surface area contributed by atoms with Gasteiger partial charge in [0, 0.05) is 25.7 Å². The highest BCUT2D eigenvalue weighted by molar-refractivity contribution is 5.97. The highest BCUT2D eigenvalue weighted by Gasteiger charge is 2.22. The lowest BCUT2D eigenvalue weighted by Gasteiger charge is -2.10. The minimum atomic E-state index is 0.0156. The highest BCUT2D eigenvalue weighted by atomic mass is 16.1. The summed E-state index contributed by atoms with van der Waals surface area (Å²) in [5.74, 6) is 0.0156. The third-order valence-corrected chi connectivity index (χ3v) is 2.28. The van der Waals surface area contributed by atoms with Gasteiger partial charge in [-0.05, 0) is 6.92 Å². The molecule has 1 aromatic rings. The van der Waals surface area contributed by atoms with Crippen molar-refractivity contribution >= 4 is 5.91 Å². The van der Waals surface area contributed by atoms with Crippen molar-refractivity contribution in [2.24, 2.45) is 7.05 Å². The lowest BCUT2D eigenvalue weighted by atomic mass is 10.1. The van der Waals surface area contributed by atoms with Crippen molar-refractivity contribution in [1.82, 2.24) is 15.1 Å². The van der Waals surface area contributed by atoms with Crippen LogP contribution in [0.25, 0.3) is 0 Å². The SMILES string of the molecule is Cc1c2c(nn1C)CCNC2=O. The lowest BCUT2D eigenvalue weighted by Crippen LogP contribution is -2.31. The van der Waals surface area contributed by atoms with Gasteiger partial charge in [0.2, 0.25) is 0 Å². The van der Waals surface area contributed by atoms with E-state index in [1.807, 2.05) is 14.0 Å². The predicted octanol–water partition coefficient (Wildman–Crippen LogP) is 0.0144. The molecule has 2 heterocycles. The molecule has 0 saturated heterocycles. The van der Waals surface area contributed by atoms with Gasteiger partial charge in [0.15, 0.2) is 0 Å². The van der Waals surface area contributed by atoms with Gasteiger partial charge in [-0.15, -0.1) is 0 Å². The summed E-state index contributed by atoms with van der Waals surface area (Å²) in [6.07, 6.45) is 0.850. The van der Waals surface area contributed by atoms with Crippen molar-refractivity contribution in [2.75, 3.05) is 6.54 Å². The zero-order valence-corrected chi connectivity index (χ0v) is 7.22. The van der Waals surface area contributed by atoms with E-state index < -0.39 is 0 Å². The Morgan fingerprint density at radius 2 is 2.33 bits per heavy atom. The summed E-state index contributed by atoms with van der Waals surface area (Å²) in [5, 5.41) is 7.06. The van der Waals surface area contributed by atoms with Crippen LogP contribution in [0.1, 0.15) is 21.7 Å². The normalized spacial score (nSPS) is 15.7. The Hall–Kier alpha value is -1.32. The van der Waals surface area contributed by atoms with Crippen molar-refractivity contribution in [3.63, 3.8) is 0 Å². The minimum absolute atomic E-state index is 0.0156. The van der Waals surface area contributed by atoms with E-state index >= 15 is 0 Å². The zero-order chi connectivity index (χ0) is 8.72. The lowest BCUT2D eigenvalue weighted by molar-refractivity contribution is 0.0945. The number of nitrogens with zero attached hydrogens (tertiary/aromatic N) is 2. The van der Waals surface area contributed by atoms with Crippen molar-refractivity contribution in [2.45, 2.75) is 13.3 Å². The Morgan fingerprint density at radius 3 is 3.00 bits per heavy atom. The number of carbonyl (C=O) groups excluding carboxylic acids is 1. The van der Waals surface area contributed by atoms with Gasteiger partial charge < -0.3 is 5.32 Å². The maximum atomic E-state index is 11.4. The van der Waals surface area contributed by atoms with E-state index in [0.29, 0.717) is 6.54 Å². The molecule has 0 aromatic carbocycles. The van der Waals surface area contributed by atoms with Crippen LogP contribution in [0.3, 0.4) is 0 Å². The molecule has 0 radical (unpaired) electrons. The fraction of sp³-hybridized carbons (Fsp3) is 0.500. The van der Waals surface area contributed by atoms with Crippen LogP contribution >= 0.6 is 0 Å². The number of carbonyl (C=O) groups is 1. The molecule has 0 unspecified atom stereocenters. The van der Waals surface area contributed by atoms with Gasteiger partial charge in [0.1, 0.15) is 0 Å². The summed E-state index contributed by atoms with van der Waals surface area (Å²) in [6, 6.07) is 0. The third kappa shape index (κ3) is 0.841. The van der Waals surface area contributed by atoms with Crippen LogP contribution in [0.15, 0.2) is 0 Å². The molecule has 1 N–H and O–H groups in total. The molecule has 0 bridgehead atoms. The van der Waals surface area contributed by atoms with Crippen molar-refractivity contribution < 1.29 is 4.79 Å². The van der Waals surface area contributed by atoms with Crippen molar-refractivity contribution in [1.29, 1.82) is 0 Å². The van der Waals surface area contributed by atoms with Crippen LogP contribution in [-0.2, 0) is 13.5 Å². The molecular formula is C8H11N3O. The molecular weight excluding hydrogens is 154 g/mol. The van der Waals surface area contributed by atoms with Gasteiger partial charge in [-0.2, -0.15) is 5.10 Å². The molecule has 1 aliphatic rings. The first-order valence-electron chi connectivity index (χ1n) is 4.01. The largest absolute Gasteiger partial charge is 0.352 e. The van der Waals surface area contributed by atoms with Crippen LogP contribution in [0.5, 0.6) is 0 Å². The smallest absolute Gasteiger partial charge is 0.255 e. The van der Waals surface area contributed by atoms with Gasteiger partial charge in [-0.25, -0.2) is 0 Å². The number of aryl methyl sites for hydroxylation is 1. The van der Waals surface area contributed by atoms with Gasteiger partial charge in [-0.1, -0.05) is 0 Å². The van der Waals surface area contributed by atoms with Gasteiger partial charge in [0.05, 0.1) is 11.3 Å². The molecule has 1 aromatic heterocycles. The van der Waals surface area contributed by atoms with Crippen molar-refractivity contribution in [3.05, 3.63) is 17.0 Å². The molecule has 0 fully saturated rings. The van der Waals surface area contributed by atoms with Gasteiger partial charge in [-0.3, -0.25) is 9.48 Å². The average Bonchev–Trinajstić information content (AvgIpc) is 2.29. The minimum Gasteiger partial charge on any atom is -0.352 e. The third-order valence-electron chi connectivity index (χ3n) is 2.28. The monoisotopic (exact) mass is 165 g/mol. The zero-order valence-electron chi connectivity index (χ0n) is 7.22. The number of rotatable bonds is 0. The Morgan fingerprint density at radius 1 is 1.58 bits per heavy atom. The van der Waals surface area contributed by atoms with Crippen LogP contribution in [0.2, 0.25) is 0 Å². The van der Waals surface area contributed by atoms with E-state index in [-0.39, 0.29) is 5.91 Å². The number of hydrogen-bond acceptors (Lipinski definition) is 2. The second-order valence-electron chi connectivity index (χ2n) is 3.04. The van der Waals surface area contributed by atoms with Gasteiger partial charge >= 0.3 is 0 Å². The molecule has 0 spiro atoms. The standard InChI is InChI=1S/C8H11N3O/c1-5-7-6(10-11(5)2)3-4-9-8(7)12/h3-4H2,1-2H3,(H,9,12). The molecule has 0 aliphatic carbocycles.